The van der Waals surface area contributed by atoms with Crippen LogP contribution in [-0.2, 0) is 0 Å². The molecule has 26 heavy (non-hydrogen) atoms. The number of benzene rings is 2. The third kappa shape index (κ3) is 5.02. The lowest BCUT2D eigenvalue weighted by atomic mass is 9.94. The van der Waals surface area contributed by atoms with E-state index >= 15 is 0 Å². The molecule has 2 aromatic carbocycles. The molecule has 1 fully saturated rings. The van der Waals surface area contributed by atoms with E-state index in [1.807, 2.05) is 24.3 Å². The molecule has 3 unspecified atom stereocenters. The molecule has 3 rings (SSSR count). The first kappa shape index (κ1) is 19.3. The van der Waals surface area contributed by atoms with Gasteiger partial charge in [-0.15, -0.1) is 0 Å². The largest absolute Gasteiger partial charge is 0.457 e. The Bertz CT molecular complexity index is 672. The van der Waals surface area contributed by atoms with Gasteiger partial charge in [0.15, 0.2) is 0 Å². The standard InChI is InChI=1S/C23H30ClNO/c1-17(15-16-25-18(2)5-4-6-19(25)3)20-7-11-22(12-8-20)26-23-13-9-21(24)10-14-23/h7-14,17-19H,4-6,15-16H2,1-3H3. The van der Waals surface area contributed by atoms with E-state index in [2.05, 4.69) is 49.9 Å². The fourth-order valence-electron chi connectivity index (χ4n) is 3.93. The Morgan fingerprint density at radius 2 is 1.50 bits per heavy atom. The van der Waals surface area contributed by atoms with Gasteiger partial charge in [-0.1, -0.05) is 37.1 Å². The molecule has 0 spiro atoms. The van der Waals surface area contributed by atoms with Gasteiger partial charge in [0.05, 0.1) is 0 Å². The Balaban J connectivity index is 1.54. The maximum Gasteiger partial charge on any atom is 0.127 e. The summed E-state index contributed by atoms with van der Waals surface area (Å²) >= 11 is 5.92. The van der Waals surface area contributed by atoms with Crippen molar-refractivity contribution in [2.45, 2.75) is 64.5 Å². The third-order valence-corrected chi connectivity index (χ3v) is 5.95. The molecule has 3 heteroatoms. The topological polar surface area (TPSA) is 12.5 Å². The summed E-state index contributed by atoms with van der Waals surface area (Å²) in [5.74, 6) is 2.23. The zero-order chi connectivity index (χ0) is 18.5. The second-order valence-corrected chi connectivity index (χ2v) is 8.12. The molecule has 0 aromatic heterocycles. The Kier molecular flexibility index (Phi) is 6.61. The van der Waals surface area contributed by atoms with Gasteiger partial charge < -0.3 is 4.74 Å². The van der Waals surface area contributed by atoms with E-state index in [0.29, 0.717) is 5.92 Å². The van der Waals surface area contributed by atoms with Crippen molar-refractivity contribution in [1.29, 1.82) is 0 Å². The highest BCUT2D eigenvalue weighted by atomic mass is 35.5. The highest BCUT2D eigenvalue weighted by Crippen LogP contribution is 2.28. The predicted molar refractivity (Wildman–Crippen MR) is 110 cm³/mol. The highest BCUT2D eigenvalue weighted by Gasteiger charge is 2.24. The van der Waals surface area contributed by atoms with E-state index in [-0.39, 0.29) is 0 Å². The Morgan fingerprint density at radius 1 is 0.962 bits per heavy atom. The molecule has 0 aliphatic carbocycles. The fourth-order valence-corrected chi connectivity index (χ4v) is 4.05. The molecule has 1 aliphatic rings. The van der Waals surface area contributed by atoms with Crippen LogP contribution in [-0.4, -0.2) is 23.5 Å². The van der Waals surface area contributed by atoms with Crippen LogP contribution >= 0.6 is 11.6 Å². The van der Waals surface area contributed by atoms with Crippen molar-refractivity contribution in [2.75, 3.05) is 6.54 Å². The Labute approximate surface area is 163 Å². The number of piperidine rings is 1. The summed E-state index contributed by atoms with van der Waals surface area (Å²) in [5.41, 5.74) is 1.38. The lowest BCUT2D eigenvalue weighted by Crippen LogP contribution is -2.44. The summed E-state index contributed by atoms with van der Waals surface area (Å²) in [6, 6.07) is 17.4. The average Bonchev–Trinajstić information content (AvgIpc) is 2.64. The minimum Gasteiger partial charge on any atom is -0.457 e. The summed E-state index contributed by atoms with van der Waals surface area (Å²) in [6.07, 6.45) is 5.26. The number of hydrogen-bond donors (Lipinski definition) is 0. The van der Waals surface area contributed by atoms with Gasteiger partial charge in [0.2, 0.25) is 0 Å². The van der Waals surface area contributed by atoms with E-state index in [1.54, 1.807) is 0 Å². The van der Waals surface area contributed by atoms with Gasteiger partial charge in [-0.3, -0.25) is 4.90 Å². The second-order valence-electron chi connectivity index (χ2n) is 7.68. The van der Waals surface area contributed by atoms with Gasteiger partial charge in [-0.2, -0.15) is 0 Å². The van der Waals surface area contributed by atoms with Gasteiger partial charge >= 0.3 is 0 Å². The summed E-state index contributed by atoms with van der Waals surface area (Å²) in [4.78, 5) is 2.69. The van der Waals surface area contributed by atoms with Crippen molar-refractivity contribution in [3.8, 4) is 11.5 Å². The Hall–Kier alpha value is -1.51. The third-order valence-electron chi connectivity index (χ3n) is 5.69. The van der Waals surface area contributed by atoms with Gasteiger partial charge in [0.1, 0.15) is 11.5 Å². The lowest BCUT2D eigenvalue weighted by Gasteiger charge is -2.39. The number of likely N-dealkylation sites (tertiary alicyclic amines) is 1. The van der Waals surface area contributed by atoms with Crippen molar-refractivity contribution in [3.05, 3.63) is 59.1 Å². The van der Waals surface area contributed by atoms with Crippen molar-refractivity contribution in [2.24, 2.45) is 0 Å². The van der Waals surface area contributed by atoms with Crippen molar-refractivity contribution < 1.29 is 4.74 Å². The molecule has 0 bridgehead atoms. The first-order chi connectivity index (χ1) is 12.5. The normalized spacial score (nSPS) is 22.2. The molecule has 0 amide bonds. The van der Waals surface area contributed by atoms with E-state index in [9.17, 15) is 0 Å². The Morgan fingerprint density at radius 3 is 2.08 bits per heavy atom. The van der Waals surface area contributed by atoms with Crippen LogP contribution in [0.1, 0.15) is 57.9 Å². The molecule has 3 atom stereocenters. The number of rotatable bonds is 6. The molecular weight excluding hydrogens is 342 g/mol. The molecule has 0 saturated carbocycles. The number of hydrogen-bond acceptors (Lipinski definition) is 2. The fraction of sp³-hybridized carbons (Fsp3) is 0.478. The van der Waals surface area contributed by atoms with Gasteiger partial charge in [-0.25, -0.2) is 0 Å². The molecule has 140 valence electrons. The number of nitrogens with zero attached hydrogens (tertiary/aromatic N) is 1. The zero-order valence-corrected chi connectivity index (χ0v) is 16.9. The van der Waals surface area contributed by atoms with Crippen LogP contribution in [0.25, 0.3) is 0 Å². The van der Waals surface area contributed by atoms with Gasteiger partial charge in [0.25, 0.3) is 0 Å². The van der Waals surface area contributed by atoms with Crippen LogP contribution in [0.3, 0.4) is 0 Å². The minimum atomic E-state index is 0.556. The highest BCUT2D eigenvalue weighted by molar-refractivity contribution is 6.30. The number of ether oxygens (including phenoxy) is 1. The molecule has 0 N–H and O–H groups in total. The lowest BCUT2D eigenvalue weighted by molar-refractivity contribution is 0.100. The van der Waals surface area contributed by atoms with Crippen molar-refractivity contribution in [1.82, 2.24) is 4.90 Å². The average molecular weight is 372 g/mol. The summed E-state index contributed by atoms with van der Waals surface area (Å²) in [7, 11) is 0. The van der Waals surface area contributed by atoms with Crippen LogP contribution in [0.2, 0.25) is 5.02 Å². The van der Waals surface area contributed by atoms with Crippen LogP contribution in [0.15, 0.2) is 48.5 Å². The SMILES string of the molecule is CC(CCN1C(C)CCCC1C)c1ccc(Oc2ccc(Cl)cc2)cc1. The van der Waals surface area contributed by atoms with Crippen molar-refractivity contribution >= 4 is 11.6 Å². The first-order valence-corrected chi connectivity index (χ1v) is 10.2. The molecule has 1 saturated heterocycles. The summed E-state index contributed by atoms with van der Waals surface area (Å²) in [5, 5.41) is 0.721. The zero-order valence-electron chi connectivity index (χ0n) is 16.1. The molecule has 1 aliphatic heterocycles. The maximum atomic E-state index is 5.92. The minimum absolute atomic E-state index is 0.556. The van der Waals surface area contributed by atoms with E-state index in [1.165, 1.54) is 37.8 Å². The van der Waals surface area contributed by atoms with E-state index in [4.69, 9.17) is 16.3 Å². The quantitative estimate of drug-likeness (QED) is 0.548. The van der Waals surface area contributed by atoms with Crippen LogP contribution in [0.5, 0.6) is 11.5 Å². The second kappa shape index (κ2) is 8.92. The molecule has 0 radical (unpaired) electrons. The molecule has 1 heterocycles. The van der Waals surface area contributed by atoms with Crippen LogP contribution in [0.4, 0.5) is 0 Å². The molecular formula is C23H30ClNO. The van der Waals surface area contributed by atoms with Gasteiger partial charge in [0, 0.05) is 17.1 Å². The number of halogens is 1. The summed E-state index contributed by atoms with van der Waals surface area (Å²) in [6.45, 7) is 8.27. The van der Waals surface area contributed by atoms with Crippen molar-refractivity contribution in [3.63, 3.8) is 0 Å². The molecule has 2 aromatic rings. The van der Waals surface area contributed by atoms with Crippen LogP contribution < -0.4 is 4.74 Å². The smallest absolute Gasteiger partial charge is 0.127 e. The van der Waals surface area contributed by atoms with Crippen LogP contribution in [0, 0.1) is 0 Å². The maximum absolute atomic E-state index is 5.92. The predicted octanol–water partition coefficient (Wildman–Crippen LogP) is 6.89. The van der Waals surface area contributed by atoms with E-state index in [0.717, 1.165) is 28.6 Å². The van der Waals surface area contributed by atoms with Gasteiger partial charge in [-0.05, 0) is 87.5 Å². The summed E-state index contributed by atoms with van der Waals surface area (Å²) < 4.78 is 5.88. The van der Waals surface area contributed by atoms with E-state index < -0.39 is 0 Å². The molecule has 2 nitrogen and oxygen atoms in total. The first-order valence-electron chi connectivity index (χ1n) is 9.82. The monoisotopic (exact) mass is 371 g/mol.